The molecule has 158 valence electrons. The van der Waals surface area contributed by atoms with E-state index in [1.54, 1.807) is 0 Å². The van der Waals surface area contributed by atoms with E-state index in [1.807, 2.05) is 25.1 Å². The molecule has 2 N–H and O–H groups in total. The Labute approximate surface area is 181 Å². The van der Waals surface area contributed by atoms with E-state index in [9.17, 15) is 13.2 Å². The van der Waals surface area contributed by atoms with Gasteiger partial charge >= 0.3 is 6.18 Å². The molecule has 1 aromatic carbocycles. The van der Waals surface area contributed by atoms with Crippen LogP contribution < -0.4 is 15.5 Å². The van der Waals surface area contributed by atoms with Gasteiger partial charge in [-0.05, 0) is 31.9 Å². The normalized spacial score (nSPS) is 23.6. The number of halogens is 4. The van der Waals surface area contributed by atoms with Crippen LogP contribution in [-0.2, 0) is 0 Å². The zero-order valence-electron chi connectivity index (χ0n) is 16.1. The molecule has 0 amide bonds. The minimum atomic E-state index is -4.14. The van der Waals surface area contributed by atoms with Crippen molar-refractivity contribution in [2.75, 3.05) is 44.2 Å². The van der Waals surface area contributed by atoms with Crippen molar-refractivity contribution in [2.45, 2.75) is 38.0 Å². The number of nitrogens with one attached hydrogen (secondary N) is 2. The lowest BCUT2D eigenvalue weighted by atomic mass is 10.2. The van der Waals surface area contributed by atoms with Gasteiger partial charge in [0.1, 0.15) is 0 Å². The second kappa shape index (κ2) is 10.5. The van der Waals surface area contributed by atoms with Gasteiger partial charge in [-0.25, -0.2) is 0 Å². The third-order valence-electron chi connectivity index (χ3n) is 4.98. The number of rotatable bonds is 5. The first-order valence-corrected chi connectivity index (χ1v) is 9.59. The number of alkyl halides is 3. The van der Waals surface area contributed by atoms with Crippen LogP contribution in [0, 0.1) is 0 Å². The van der Waals surface area contributed by atoms with E-state index >= 15 is 0 Å². The SMILES string of the molecule is CCN=C(NC1CCN(CC(F)(F)F)C1)NC1CCN(c2ccccc2)C1.I. The van der Waals surface area contributed by atoms with Crippen LogP contribution in [-0.4, -0.2) is 68.4 Å². The largest absolute Gasteiger partial charge is 0.401 e. The summed E-state index contributed by atoms with van der Waals surface area (Å²) in [7, 11) is 0. The molecule has 2 aliphatic heterocycles. The molecule has 9 heteroatoms. The second-order valence-corrected chi connectivity index (χ2v) is 7.21. The molecule has 3 rings (SSSR count). The van der Waals surface area contributed by atoms with Gasteiger partial charge in [-0.2, -0.15) is 13.2 Å². The van der Waals surface area contributed by atoms with E-state index in [0.29, 0.717) is 32.0 Å². The number of para-hydroxylation sites is 1. The summed E-state index contributed by atoms with van der Waals surface area (Å²) in [4.78, 5) is 8.27. The van der Waals surface area contributed by atoms with Gasteiger partial charge in [0.2, 0.25) is 0 Å². The minimum Gasteiger partial charge on any atom is -0.369 e. The predicted molar refractivity (Wildman–Crippen MR) is 118 cm³/mol. The maximum Gasteiger partial charge on any atom is 0.401 e. The fourth-order valence-electron chi connectivity index (χ4n) is 3.78. The van der Waals surface area contributed by atoms with Crippen molar-refractivity contribution >= 4 is 35.6 Å². The summed E-state index contributed by atoms with van der Waals surface area (Å²) in [5.74, 6) is 0.705. The van der Waals surface area contributed by atoms with Crippen molar-refractivity contribution in [1.29, 1.82) is 0 Å². The lowest BCUT2D eigenvalue weighted by molar-refractivity contribution is -0.143. The molecule has 2 atom stereocenters. The van der Waals surface area contributed by atoms with E-state index in [2.05, 4.69) is 32.7 Å². The highest BCUT2D eigenvalue weighted by Crippen LogP contribution is 2.21. The third kappa shape index (κ3) is 6.98. The van der Waals surface area contributed by atoms with Crippen LogP contribution in [0.4, 0.5) is 18.9 Å². The van der Waals surface area contributed by atoms with Crippen LogP contribution in [0.5, 0.6) is 0 Å². The lowest BCUT2D eigenvalue weighted by Gasteiger charge is -2.23. The molecular weight excluding hydrogens is 482 g/mol. The molecule has 0 bridgehead atoms. The number of guanidine groups is 1. The molecule has 2 unspecified atom stereocenters. The molecular formula is C19H29F3IN5. The highest BCUT2D eigenvalue weighted by molar-refractivity contribution is 14.0. The first-order chi connectivity index (χ1) is 12.9. The van der Waals surface area contributed by atoms with E-state index in [1.165, 1.54) is 10.6 Å². The van der Waals surface area contributed by atoms with Gasteiger partial charge in [-0.3, -0.25) is 9.89 Å². The third-order valence-corrected chi connectivity index (χ3v) is 4.98. The van der Waals surface area contributed by atoms with Gasteiger partial charge in [0, 0.05) is 50.5 Å². The average molecular weight is 511 g/mol. The Morgan fingerprint density at radius 3 is 2.36 bits per heavy atom. The lowest BCUT2D eigenvalue weighted by Crippen LogP contribution is -2.49. The van der Waals surface area contributed by atoms with Crippen molar-refractivity contribution in [1.82, 2.24) is 15.5 Å². The number of nitrogens with zero attached hydrogens (tertiary/aromatic N) is 3. The van der Waals surface area contributed by atoms with E-state index in [4.69, 9.17) is 0 Å². The van der Waals surface area contributed by atoms with E-state index in [0.717, 1.165) is 19.5 Å². The number of hydrogen-bond acceptors (Lipinski definition) is 3. The predicted octanol–water partition coefficient (Wildman–Crippen LogP) is 3.08. The van der Waals surface area contributed by atoms with Gasteiger partial charge in [-0.1, -0.05) is 18.2 Å². The number of likely N-dealkylation sites (tertiary alicyclic amines) is 1. The Morgan fingerprint density at radius 1 is 1.07 bits per heavy atom. The highest BCUT2D eigenvalue weighted by Gasteiger charge is 2.34. The van der Waals surface area contributed by atoms with Crippen LogP contribution in [0.2, 0.25) is 0 Å². The van der Waals surface area contributed by atoms with Gasteiger partial charge in [-0.15, -0.1) is 24.0 Å². The quantitative estimate of drug-likeness (QED) is 0.363. The van der Waals surface area contributed by atoms with Crippen molar-refractivity contribution in [3.05, 3.63) is 30.3 Å². The first kappa shape index (κ1) is 23.1. The van der Waals surface area contributed by atoms with Crippen molar-refractivity contribution < 1.29 is 13.2 Å². The zero-order chi connectivity index (χ0) is 19.3. The molecule has 0 radical (unpaired) electrons. The summed E-state index contributed by atoms with van der Waals surface area (Å²) in [5.41, 5.74) is 1.21. The molecule has 2 aliphatic rings. The standard InChI is InChI=1S/C19H28F3N5.HI/c1-2-23-18(24-15-8-10-26(12-15)14-19(20,21)22)25-16-9-11-27(13-16)17-6-4-3-5-7-17;/h3-7,15-16H,2,8-14H2,1H3,(H2,23,24,25);1H. The Bertz CT molecular complexity index is 626. The summed E-state index contributed by atoms with van der Waals surface area (Å²) in [6.07, 6.45) is -2.44. The van der Waals surface area contributed by atoms with Crippen LogP contribution in [0.25, 0.3) is 0 Å². The van der Waals surface area contributed by atoms with Crippen LogP contribution in [0.1, 0.15) is 19.8 Å². The molecule has 28 heavy (non-hydrogen) atoms. The first-order valence-electron chi connectivity index (χ1n) is 9.59. The number of benzene rings is 1. The molecule has 0 spiro atoms. The molecule has 1 aromatic rings. The van der Waals surface area contributed by atoms with Gasteiger partial charge in [0.25, 0.3) is 0 Å². The topological polar surface area (TPSA) is 42.9 Å². The highest BCUT2D eigenvalue weighted by atomic mass is 127. The van der Waals surface area contributed by atoms with Crippen molar-refractivity contribution in [3.8, 4) is 0 Å². The zero-order valence-corrected chi connectivity index (χ0v) is 18.4. The van der Waals surface area contributed by atoms with Crippen LogP contribution >= 0.6 is 24.0 Å². The summed E-state index contributed by atoms with van der Waals surface area (Å²) >= 11 is 0. The minimum absolute atomic E-state index is 0. The Kier molecular flexibility index (Phi) is 8.66. The maximum atomic E-state index is 12.6. The Balaban J connectivity index is 0.00000280. The second-order valence-electron chi connectivity index (χ2n) is 7.21. The summed E-state index contributed by atoms with van der Waals surface area (Å²) in [6.45, 7) is 4.46. The van der Waals surface area contributed by atoms with Crippen LogP contribution in [0.3, 0.4) is 0 Å². The molecule has 5 nitrogen and oxygen atoms in total. The molecule has 0 aliphatic carbocycles. The fraction of sp³-hybridized carbons (Fsp3) is 0.632. The van der Waals surface area contributed by atoms with Crippen LogP contribution in [0.15, 0.2) is 35.3 Å². The van der Waals surface area contributed by atoms with Gasteiger partial charge in [0.05, 0.1) is 6.54 Å². The molecule has 2 saturated heterocycles. The fourth-order valence-corrected chi connectivity index (χ4v) is 3.78. The molecule has 0 aromatic heterocycles. The van der Waals surface area contributed by atoms with Crippen molar-refractivity contribution in [2.24, 2.45) is 4.99 Å². The Hall–Kier alpha value is -1.23. The van der Waals surface area contributed by atoms with Gasteiger partial charge in [0.15, 0.2) is 5.96 Å². The van der Waals surface area contributed by atoms with Gasteiger partial charge < -0.3 is 15.5 Å². The monoisotopic (exact) mass is 511 g/mol. The van der Waals surface area contributed by atoms with Crippen molar-refractivity contribution in [3.63, 3.8) is 0 Å². The summed E-state index contributed by atoms with van der Waals surface area (Å²) in [5, 5.41) is 6.79. The maximum absolute atomic E-state index is 12.6. The molecule has 2 heterocycles. The number of aliphatic imine (C=N–C) groups is 1. The van der Waals surface area contributed by atoms with E-state index < -0.39 is 12.7 Å². The smallest absolute Gasteiger partial charge is 0.369 e. The molecule has 2 fully saturated rings. The average Bonchev–Trinajstić information content (AvgIpc) is 3.24. The number of anilines is 1. The summed E-state index contributed by atoms with van der Waals surface area (Å²) in [6, 6.07) is 10.6. The van der Waals surface area contributed by atoms with E-state index in [-0.39, 0.29) is 36.1 Å². The number of hydrogen-bond donors (Lipinski definition) is 2. The molecule has 0 saturated carbocycles. The summed E-state index contributed by atoms with van der Waals surface area (Å²) < 4.78 is 37.7. The Morgan fingerprint density at radius 2 is 1.71 bits per heavy atom.